The standard InChI is InChI=1S/C16H17N3O5/c1-18(11-12-5-3-2-4-6-12)14(20)9-10-17-16(21)13-7-8-15(24-13)19(22)23/h2-8H,9-11H2,1H3,(H,17,21). The van der Waals surface area contributed by atoms with Gasteiger partial charge in [-0.1, -0.05) is 30.3 Å². The average Bonchev–Trinajstić information content (AvgIpc) is 3.06. The average molecular weight is 331 g/mol. The van der Waals surface area contributed by atoms with Crippen LogP contribution in [0.3, 0.4) is 0 Å². The first kappa shape index (κ1) is 17.2. The van der Waals surface area contributed by atoms with E-state index < -0.39 is 16.7 Å². The van der Waals surface area contributed by atoms with E-state index in [0.29, 0.717) is 6.54 Å². The Morgan fingerprint density at radius 2 is 1.92 bits per heavy atom. The molecule has 0 aliphatic rings. The largest absolute Gasteiger partial charge is 0.433 e. The van der Waals surface area contributed by atoms with E-state index in [0.717, 1.165) is 11.6 Å². The number of nitrogens with one attached hydrogen (secondary N) is 1. The third kappa shape index (κ3) is 4.67. The molecule has 0 saturated heterocycles. The fraction of sp³-hybridized carbons (Fsp3) is 0.250. The number of carbonyl (C=O) groups is 2. The summed E-state index contributed by atoms with van der Waals surface area (Å²) in [5.41, 5.74) is 1.01. The van der Waals surface area contributed by atoms with E-state index in [1.807, 2.05) is 30.3 Å². The van der Waals surface area contributed by atoms with Crippen LogP contribution in [-0.2, 0) is 11.3 Å². The molecule has 2 amide bonds. The smallest absolute Gasteiger partial charge is 0.395 e. The maximum atomic E-state index is 12.0. The Morgan fingerprint density at radius 3 is 2.54 bits per heavy atom. The zero-order chi connectivity index (χ0) is 17.5. The van der Waals surface area contributed by atoms with Gasteiger partial charge in [-0.25, -0.2) is 0 Å². The van der Waals surface area contributed by atoms with E-state index in [4.69, 9.17) is 4.42 Å². The van der Waals surface area contributed by atoms with E-state index in [1.54, 1.807) is 11.9 Å². The maximum absolute atomic E-state index is 12.0. The number of hydrogen-bond acceptors (Lipinski definition) is 5. The second-order valence-corrected chi connectivity index (χ2v) is 5.14. The molecule has 0 radical (unpaired) electrons. The van der Waals surface area contributed by atoms with Gasteiger partial charge < -0.3 is 14.6 Å². The third-order valence-corrected chi connectivity index (χ3v) is 3.31. The fourth-order valence-corrected chi connectivity index (χ4v) is 2.05. The molecule has 8 heteroatoms. The molecule has 1 aromatic carbocycles. The normalized spacial score (nSPS) is 10.2. The van der Waals surface area contributed by atoms with Gasteiger partial charge in [0.15, 0.2) is 5.76 Å². The molecule has 126 valence electrons. The molecular formula is C16H17N3O5. The third-order valence-electron chi connectivity index (χ3n) is 3.31. The van der Waals surface area contributed by atoms with Crippen molar-refractivity contribution < 1.29 is 18.9 Å². The molecular weight excluding hydrogens is 314 g/mol. The zero-order valence-electron chi connectivity index (χ0n) is 13.1. The van der Waals surface area contributed by atoms with E-state index >= 15 is 0 Å². The van der Waals surface area contributed by atoms with E-state index in [2.05, 4.69) is 5.32 Å². The van der Waals surface area contributed by atoms with Crippen LogP contribution in [0.25, 0.3) is 0 Å². The van der Waals surface area contributed by atoms with Gasteiger partial charge in [0.05, 0.1) is 6.07 Å². The Bertz CT molecular complexity index is 726. The van der Waals surface area contributed by atoms with Gasteiger partial charge in [0, 0.05) is 26.6 Å². The van der Waals surface area contributed by atoms with Crippen molar-refractivity contribution in [1.29, 1.82) is 0 Å². The lowest BCUT2D eigenvalue weighted by Gasteiger charge is -2.17. The molecule has 0 unspecified atom stereocenters. The lowest BCUT2D eigenvalue weighted by Crippen LogP contribution is -2.31. The van der Waals surface area contributed by atoms with Gasteiger partial charge in [-0.2, -0.15) is 0 Å². The van der Waals surface area contributed by atoms with Crippen molar-refractivity contribution >= 4 is 17.7 Å². The van der Waals surface area contributed by atoms with E-state index in [1.165, 1.54) is 6.07 Å². The summed E-state index contributed by atoms with van der Waals surface area (Å²) in [5.74, 6) is -1.38. The van der Waals surface area contributed by atoms with Crippen LogP contribution < -0.4 is 5.32 Å². The highest BCUT2D eigenvalue weighted by molar-refractivity contribution is 5.92. The van der Waals surface area contributed by atoms with Crippen LogP contribution in [0.1, 0.15) is 22.5 Å². The Morgan fingerprint density at radius 1 is 1.21 bits per heavy atom. The summed E-state index contributed by atoms with van der Waals surface area (Å²) in [6.45, 7) is 0.600. The molecule has 0 bridgehead atoms. The van der Waals surface area contributed by atoms with Crippen molar-refractivity contribution in [2.24, 2.45) is 0 Å². The van der Waals surface area contributed by atoms with Crippen LogP contribution in [0.4, 0.5) is 5.88 Å². The second kappa shape index (κ2) is 7.91. The van der Waals surface area contributed by atoms with Crippen LogP contribution in [0.15, 0.2) is 46.9 Å². The van der Waals surface area contributed by atoms with Gasteiger partial charge in [-0.15, -0.1) is 0 Å². The van der Waals surface area contributed by atoms with Gasteiger partial charge in [0.25, 0.3) is 5.91 Å². The van der Waals surface area contributed by atoms with Crippen LogP contribution in [0.2, 0.25) is 0 Å². The highest BCUT2D eigenvalue weighted by atomic mass is 16.6. The summed E-state index contributed by atoms with van der Waals surface area (Å²) >= 11 is 0. The van der Waals surface area contributed by atoms with Crippen LogP contribution in [0, 0.1) is 10.1 Å². The number of furan rings is 1. The molecule has 0 spiro atoms. The van der Waals surface area contributed by atoms with Crippen molar-refractivity contribution in [1.82, 2.24) is 10.2 Å². The fourth-order valence-electron chi connectivity index (χ4n) is 2.05. The number of hydrogen-bond donors (Lipinski definition) is 1. The molecule has 0 aliphatic heterocycles. The Kier molecular flexibility index (Phi) is 5.67. The number of rotatable bonds is 7. The molecule has 0 fully saturated rings. The molecule has 0 saturated carbocycles. The van der Waals surface area contributed by atoms with Crippen LogP contribution >= 0.6 is 0 Å². The quantitative estimate of drug-likeness (QED) is 0.617. The van der Waals surface area contributed by atoms with Gasteiger partial charge in [0.1, 0.15) is 4.92 Å². The molecule has 1 aromatic heterocycles. The van der Waals surface area contributed by atoms with Crippen molar-refractivity contribution in [2.45, 2.75) is 13.0 Å². The van der Waals surface area contributed by atoms with Crippen molar-refractivity contribution in [3.05, 3.63) is 63.9 Å². The Balaban J connectivity index is 1.77. The van der Waals surface area contributed by atoms with Crippen molar-refractivity contribution in [3.63, 3.8) is 0 Å². The van der Waals surface area contributed by atoms with Crippen LogP contribution in [0.5, 0.6) is 0 Å². The maximum Gasteiger partial charge on any atom is 0.433 e. The number of nitrogens with zero attached hydrogens (tertiary/aromatic N) is 2. The van der Waals surface area contributed by atoms with Gasteiger partial charge >= 0.3 is 5.88 Å². The summed E-state index contributed by atoms with van der Waals surface area (Å²) in [4.78, 5) is 35.1. The predicted octanol–water partition coefficient (Wildman–Crippen LogP) is 1.97. The molecule has 2 aromatic rings. The lowest BCUT2D eigenvalue weighted by atomic mass is 10.2. The van der Waals surface area contributed by atoms with Gasteiger partial charge in [0.2, 0.25) is 5.91 Å². The SMILES string of the molecule is CN(Cc1ccccc1)C(=O)CCNC(=O)c1ccc([N+](=O)[O-])o1. The summed E-state index contributed by atoms with van der Waals surface area (Å²) in [5, 5.41) is 13.0. The van der Waals surface area contributed by atoms with Crippen LogP contribution in [-0.4, -0.2) is 35.2 Å². The van der Waals surface area contributed by atoms with E-state index in [9.17, 15) is 19.7 Å². The Hall–Kier alpha value is -3.16. The Labute approximate surface area is 138 Å². The molecule has 0 aliphatic carbocycles. The first-order chi connectivity index (χ1) is 11.5. The predicted molar refractivity (Wildman–Crippen MR) is 85.2 cm³/mol. The highest BCUT2D eigenvalue weighted by Crippen LogP contribution is 2.15. The van der Waals surface area contributed by atoms with Gasteiger partial charge in [-0.3, -0.25) is 19.7 Å². The van der Waals surface area contributed by atoms with Crippen molar-refractivity contribution in [3.8, 4) is 0 Å². The van der Waals surface area contributed by atoms with E-state index in [-0.39, 0.29) is 24.6 Å². The summed E-state index contributed by atoms with van der Waals surface area (Å²) in [6.07, 6.45) is 0.123. The number of carbonyl (C=O) groups excluding carboxylic acids is 2. The highest BCUT2D eigenvalue weighted by Gasteiger charge is 2.17. The topological polar surface area (TPSA) is 106 Å². The van der Waals surface area contributed by atoms with Crippen molar-refractivity contribution in [2.75, 3.05) is 13.6 Å². The monoisotopic (exact) mass is 331 g/mol. The molecule has 0 atom stereocenters. The summed E-state index contributed by atoms with van der Waals surface area (Å²) in [7, 11) is 1.69. The number of amides is 2. The summed E-state index contributed by atoms with van der Waals surface area (Å²) < 4.78 is 4.78. The minimum absolute atomic E-state index is 0.116. The molecule has 24 heavy (non-hydrogen) atoms. The second-order valence-electron chi connectivity index (χ2n) is 5.14. The number of nitro groups is 1. The molecule has 8 nitrogen and oxygen atoms in total. The minimum atomic E-state index is -0.723. The van der Waals surface area contributed by atoms with Gasteiger partial charge in [-0.05, 0) is 11.6 Å². The lowest BCUT2D eigenvalue weighted by molar-refractivity contribution is -0.402. The number of benzene rings is 1. The molecule has 1 N–H and O–H groups in total. The summed E-state index contributed by atoms with van der Waals surface area (Å²) in [6, 6.07) is 11.9. The first-order valence-corrected chi connectivity index (χ1v) is 7.27. The molecule has 2 rings (SSSR count). The zero-order valence-corrected chi connectivity index (χ0v) is 13.1. The molecule has 1 heterocycles. The first-order valence-electron chi connectivity index (χ1n) is 7.27. The minimum Gasteiger partial charge on any atom is -0.395 e.